The van der Waals surface area contributed by atoms with Gasteiger partial charge in [-0.3, -0.25) is 0 Å². The molecule has 0 aromatic heterocycles. The molecule has 0 saturated carbocycles. The number of anilines is 1. The summed E-state index contributed by atoms with van der Waals surface area (Å²) in [5, 5.41) is 21.4. The van der Waals surface area contributed by atoms with Crippen LogP contribution in [0.2, 0.25) is 0 Å². The van der Waals surface area contributed by atoms with Crippen LogP contribution in [-0.2, 0) is 0 Å². The Morgan fingerprint density at radius 2 is 1.80 bits per heavy atom. The van der Waals surface area contributed by atoms with Crippen molar-refractivity contribution >= 4 is 5.69 Å². The number of hydrogen-bond donors (Lipinski definition) is 1. The average Bonchev–Trinajstić information content (AvgIpc) is 2.47. The Morgan fingerprint density at radius 1 is 1.15 bits per heavy atom. The van der Waals surface area contributed by atoms with E-state index >= 15 is 0 Å². The third-order valence-electron chi connectivity index (χ3n) is 3.89. The first kappa shape index (κ1) is 14.4. The molecule has 1 saturated heterocycles. The van der Waals surface area contributed by atoms with Crippen LogP contribution < -0.4 is 5.32 Å². The van der Waals surface area contributed by atoms with Gasteiger partial charge in [-0.05, 0) is 44.9 Å². The van der Waals surface area contributed by atoms with Crippen LogP contribution in [0, 0.1) is 22.7 Å². The molecule has 2 rings (SSSR count). The molecule has 1 aromatic carbocycles. The van der Waals surface area contributed by atoms with Crippen LogP contribution in [0.1, 0.15) is 37.8 Å². The molecule has 0 spiro atoms. The van der Waals surface area contributed by atoms with E-state index < -0.39 is 0 Å². The molecule has 0 unspecified atom stereocenters. The van der Waals surface area contributed by atoms with Crippen LogP contribution in [-0.4, -0.2) is 30.1 Å². The summed E-state index contributed by atoms with van der Waals surface area (Å²) in [4.78, 5) is 2.48. The highest BCUT2D eigenvalue weighted by atomic mass is 15.2. The molecule has 1 aliphatic heterocycles. The molecule has 20 heavy (non-hydrogen) atoms. The number of piperidine rings is 1. The number of benzene rings is 1. The predicted molar refractivity (Wildman–Crippen MR) is 79.2 cm³/mol. The summed E-state index contributed by atoms with van der Waals surface area (Å²) in [5.74, 6) is 0. The van der Waals surface area contributed by atoms with Gasteiger partial charge in [0.2, 0.25) is 0 Å². The molecule has 0 amide bonds. The quantitative estimate of drug-likeness (QED) is 0.915. The molecule has 1 aromatic rings. The van der Waals surface area contributed by atoms with Gasteiger partial charge >= 0.3 is 0 Å². The first-order valence-electron chi connectivity index (χ1n) is 7.09. The molecule has 0 atom stereocenters. The Kier molecular flexibility index (Phi) is 4.61. The summed E-state index contributed by atoms with van der Waals surface area (Å²) in [6.07, 6.45) is 2.22. The zero-order chi connectivity index (χ0) is 14.5. The third-order valence-corrected chi connectivity index (χ3v) is 3.89. The highest BCUT2D eigenvalue weighted by Crippen LogP contribution is 2.20. The molecule has 1 N–H and O–H groups in total. The van der Waals surface area contributed by atoms with Crippen molar-refractivity contribution in [1.29, 1.82) is 10.5 Å². The lowest BCUT2D eigenvalue weighted by atomic mass is 10.0. The van der Waals surface area contributed by atoms with Gasteiger partial charge in [-0.15, -0.1) is 0 Å². The summed E-state index contributed by atoms with van der Waals surface area (Å²) in [6.45, 7) is 6.68. The summed E-state index contributed by atoms with van der Waals surface area (Å²) < 4.78 is 0. The van der Waals surface area contributed by atoms with Gasteiger partial charge in [-0.1, -0.05) is 0 Å². The summed E-state index contributed by atoms with van der Waals surface area (Å²) in [6, 6.07) is 10.5. The Bertz CT molecular complexity index is 543. The van der Waals surface area contributed by atoms with Crippen molar-refractivity contribution in [3.8, 4) is 12.1 Å². The minimum atomic E-state index is 0.438. The van der Waals surface area contributed by atoms with Crippen molar-refractivity contribution in [3.05, 3.63) is 29.3 Å². The van der Waals surface area contributed by atoms with E-state index in [4.69, 9.17) is 10.5 Å². The largest absolute Gasteiger partial charge is 0.382 e. The van der Waals surface area contributed by atoms with Crippen molar-refractivity contribution in [2.45, 2.75) is 38.8 Å². The fourth-order valence-corrected chi connectivity index (χ4v) is 2.62. The highest BCUT2D eigenvalue weighted by Gasteiger charge is 2.20. The van der Waals surface area contributed by atoms with Gasteiger partial charge in [0.25, 0.3) is 0 Å². The minimum absolute atomic E-state index is 0.438. The lowest BCUT2D eigenvalue weighted by Gasteiger charge is -2.35. The number of rotatable bonds is 3. The number of hydrogen-bond acceptors (Lipinski definition) is 4. The van der Waals surface area contributed by atoms with Gasteiger partial charge in [-0.2, -0.15) is 10.5 Å². The third kappa shape index (κ3) is 3.29. The van der Waals surface area contributed by atoms with Crippen LogP contribution in [0.25, 0.3) is 0 Å². The molecule has 4 nitrogen and oxygen atoms in total. The van der Waals surface area contributed by atoms with Gasteiger partial charge in [0.1, 0.15) is 12.1 Å². The van der Waals surface area contributed by atoms with E-state index in [9.17, 15) is 0 Å². The van der Waals surface area contributed by atoms with Crippen molar-refractivity contribution < 1.29 is 0 Å². The number of nitriles is 2. The SMILES string of the molecule is CC(C)N1CCC(Nc2ccc(C#N)c(C#N)c2)CC1. The first-order valence-corrected chi connectivity index (χ1v) is 7.09. The van der Waals surface area contributed by atoms with E-state index in [2.05, 4.69) is 30.1 Å². The van der Waals surface area contributed by atoms with E-state index in [-0.39, 0.29) is 0 Å². The van der Waals surface area contributed by atoms with E-state index in [0.717, 1.165) is 31.6 Å². The van der Waals surface area contributed by atoms with Gasteiger partial charge < -0.3 is 10.2 Å². The maximum absolute atomic E-state index is 9.04. The molecular formula is C16H20N4. The van der Waals surface area contributed by atoms with Crippen molar-refractivity contribution in [3.63, 3.8) is 0 Å². The van der Waals surface area contributed by atoms with Crippen molar-refractivity contribution in [1.82, 2.24) is 4.90 Å². The Balaban J connectivity index is 1.99. The molecule has 104 valence electrons. The summed E-state index contributed by atoms with van der Waals surface area (Å²) >= 11 is 0. The second-order valence-corrected chi connectivity index (χ2v) is 5.53. The number of likely N-dealkylation sites (tertiary alicyclic amines) is 1. The second-order valence-electron chi connectivity index (χ2n) is 5.53. The predicted octanol–water partition coefficient (Wildman–Crippen LogP) is 2.71. The highest BCUT2D eigenvalue weighted by molar-refractivity contribution is 5.56. The molecule has 1 heterocycles. The molecule has 0 bridgehead atoms. The molecule has 0 aliphatic carbocycles. The lowest BCUT2D eigenvalue weighted by Crippen LogP contribution is -2.42. The normalized spacial score (nSPS) is 16.6. The van der Waals surface area contributed by atoms with Crippen LogP contribution in [0.4, 0.5) is 5.69 Å². The van der Waals surface area contributed by atoms with Gasteiger partial charge in [-0.25, -0.2) is 0 Å². The molecule has 1 aliphatic rings. The van der Waals surface area contributed by atoms with E-state index in [1.165, 1.54) is 0 Å². The summed E-state index contributed by atoms with van der Waals surface area (Å²) in [5.41, 5.74) is 1.81. The first-order chi connectivity index (χ1) is 9.63. The maximum atomic E-state index is 9.04. The fourth-order valence-electron chi connectivity index (χ4n) is 2.62. The second kappa shape index (κ2) is 6.41. The molecule has 0 radical (unpaired) electrons. The van der Waals surface area contributed by atoms with Gasteiger partial charge in [0, 0.05) is 30.9 Å². The topological polar surface area (TPSA) is 62.9 Å². The van der Waals surface area contributed by atoms with Crippen molar-refractivity contribution in [2.75, 3.05) is 18.4 Å². The number of nitrogens with zero attached hydrogens (tertiary/aromatic N) is 3. The molecule has 1 fully saturated rings. The molecule has 4 heteroatoms. The Labute approximate surface area is 120 Å². The summed E-state index contributed by atoms with van der Waals surface area (Å²) in [7, 11) is 0. The van der Waals surface area contributed by atoms with Crippen LogP contribution in [0.15, 0.2) is 18.2 Å². The Hall–Kier alpha value is -2.04. The van der Waals surface area contributed by atoms with Crippen molar-refractivity contribution in [2.24, 2.45) is 0 Å². The van der Waals surface area contributed by atoms with Crippen LogP contribution >= 0.6 is 0 Å². The van der Waals surface area contributed by atoms with Crippen LogP contribution in [0.3, 0.4) is 0 Å². The average molecular weight is 268 g/mol. The van der Waals surface area contributed by atoms with E-state index in [1.807, 2.05) is 12.1 Å². The van der Waals surface area contributed by atoms with E-state index in [0.29, 0.717) is 23.2 Å². The van der Waals surface area contributed by atoms with Crippen LogP contribution in [0.5, 0.6) is 0 Å². The fraction of sp³-hybridized carbons (Fsp3) is 0.500. The zero-order valence-electron chi connectivity index (χ0n) is 12.1. The number of nitrogens with one attached hydrogen (secondary N) is 1. The van der Waals surface area contributed by atoms with Gasteiger partial charge in [0.15, 0.2) is 0 Å². The van der Waals surface area contributed by atoms with Gasteiger partial charge in [0.05, 0.1) is 11.1 Å². The molecular weight excluding hydrogens is 248 g/mol. The zero-order valence-corrected chi connectivity index (χ0v) is 12.1. The van der Waals surface area contributed by atoms with E-state index in [1.54, 1.807) is 12.1 Å². The standard InChI is InChI=1S/C16H20N4/c1-12(2)20-7-5-15(6-8-20)19-16-4-3-13(10-17)14(9-16)11-18/h3-4,9,12,15,19H,5-8H2,1-2H3. The Morgan fingerprint density at radius 3 is 2.35 bits per heavy atom. The monoisotopic (exact) mass is 268 g/mol. The lowest BCUT2D eigenvalue weighted by molar-refractivity contribution is 0.177. The smallest absolute Gasteiger partial charge is 0.101 e. The minimum Gasteiger partial charge on any atom is -0.382 e. The maximum Gasteiger partial charge on any atom is 0.101 e.